The fraction of sp³-hybridized carbons (Fsp3) is 0.333. The summed E-state index contributed by atoms with van der Waals surface area (Å²) in [6.45, 7) is 5.77. The minimum atomic E-state index is -0.577. The fourth-order valence-electron chi connectivity index (χ4n) is 1.76. The monoisotopic (exact) mass is 285 g/mol. The third kappa shape index (κ3) is 2.92. The Labute approximate surface area is 122 Å². The number of rotatable bonds is 2. The van der Waals surface area contributed by atoms with E-state index in [1.165, 1.54) is 13.3 Å². The molecule has 0 saturated heterocycles. The van der Waals surface area contributed by atoms with E-state index in [4.69, 9.17) is 14.4 Å². The molecule has 2 rings (SSSR count). The molecule has 108 valence electrons. The van der Waals surface area contributed by atoms with Crippen molar-refractivity contribution >= 4 is 5.97 Å². The molecule has 6 heteroatoms. The zero-order chi connectivity index (χ0) is 15.6. The van der Waals surface area contributed by atoms with Gasteiger partial charge in [-0.15, -0.1) is 0 Å². The number of hydrogen-bond acceptors (Lipinski definition) is 6. The molecule has 2 aromatic rings. The molecule has 0 bridgehead atoms. The molecule has 0 N–H and O–H groups in total. The van der Waals surface area contributed by atoms with Gasteiger partial charge in [0.15, 0.2) is 0 Å². The molecule has 2 aromatic heterocycles. The summed E-state index contributed by atoms with van der Waals surface area (Å²) in [5.74, 6) is -0.275. The number of pyridine rings is 1. The Kier molecular flexibility index (Phi) is 3.76. The van der Waals surface area contributed by atoms with Crippen LogP contribution < -0.4 is 0 Å². The minimum Gasteiger partial charge on any atom is -0.463 e. The van der Waals surface area contributed by atoms with Crippen molar-refractivity contribution in [3.63, 3.8) is 0 Å². The Bertz CT molecular complexity index is 703. The molecular formula is C15H15N3O3. The van der Waals surface area contributed by atoms with E-state index in [0.29, 0.717) is 17.0 Å². The van der Waals surface area contributed by atoms with Crippen molar-refractivity contribution < 1.29 is 13.9 Å². The smallest absolute Gasteiger partial charge is 0.376 e. The molecule has 2 heterocycles. The van der Waals surface area contributed by atoms with Crippen molar-refractivity contribution in [3.8, 4) is 17.7 Å². The number of hydrogen-bond donors (Lipinski definition) is 0. The molecular weight excluding hydrogens is 270 g/mol. The van der Waals surface area contributed by atoms with E-state index < -0.39 is 5.97 Å². The van der Waals surface area contributed by atoms with Crippen molar-refractivity contribution in [1.29, 1.82) is 5.26 Å². The van der Waals surface area contributed by atoms with E-state index >= 15 is 0 Å². The number of esters is 1. The second-order valence-electron chi connectivity index (χ2n) is 5.48. The molecule has 0 aliphatic rings. The van der Waals surface area contributed by atoms with Crippen molar-refractivity contribution in [1.82, 2.24) is 9.97 Å². The Morgan fingerprint density at radius 2 is 2.10 bits per heavy atom. The highest BCUT2D eigenvalue weighted by molar-refractivity contribution is 5.88. The molecule has 21 heavy (non-hydrogen) atoms. The van der Waals surface area contributed by atoms with Crippen LogP contribution in [0.2, 0.25) is 0 Å². The Hall–Kier alpha value is -2.68. The van der Waals surface area contributed by atoms with Gasteiger partial charge in [-0.25, -0.2) is 14.8 Å². The van der Waals surface area contributed by atoms with Crippen molar-refractivity contribution in [2.45, 2.75) is 26.2 Å². The number of aromatic nitrogens is 2. The maximum atomic E-state index is 11.8. The summed E-state index contributed by atoms with van der Waals surface area (Å²) in [5.41, 5.74) is 1.03. The van der Waals surface area contributed by atoms with Gasteiger partial charge in [-0.1, -0.05) is 20.8 Å². The topological polar surface area (TPSA) is 89.0 Å². The number of oxazole rings is 1. The van der Waals surface area contributed by atoms with Gasteiger partial charge in [0.2, 0.25) is 11.7 Å². The van der Waals surface area contributed by atoms with Crippen molar-refractivity contribution in [3.05, 3.63) is 35.3 Å². The highest BCUT2D eigenvalue weighted by Gasteiger charge is 2.30. The van der Waals surface area contributed by atoms with Gasteiger partial charge in [0.25, 0.3) is 0 Å². The van der Waals surface area contributed by atoms with Crippen molar-refractivity contribution in [2.75, 3.05) is 7.11 Å². The molecule has 0 radical (unpaired) electrons. The Morgan fingerprint density at radius 3 is 2.57 bits per heavy atom. The van der Waals surface area contributed by atoms with Gasteiger partial charge in [0.1, 0.15) is 17.5 Å². The lowest BCUT2D eigenvalue weighted by Crippen LogP contribution is -2.17. The van der Waals surface area contributed by atoms with E-state index in [9.17, 15) is 4.79 Å². The number of carbonyl (C=O) groups is 1. The second kappa shape index (κ2) is 5.37. The summed E-state index contributed by atoms with van der Waals surface area (Å²) in [6, 6.07) is 5.22. The molecule has 6 nitrogen and oxygen atoms in total. The van der Waals surface area contributed by atoms with E-state index in [2.05, 4.69) is 9.97 Å². The summed E-state index contributed by atoms with van der Waals surface area (Å²) in [6.07, 6.45) is 1.42. The van der Waals surface area contributed by atoms with Crippen molar-refractivity contribution in [2.24, 2.45) is 0 Å². The average molecular weight is 285 g/mol. The average Bonchev–Trinajstić information content (AvgIpc) is 2.92. The largest absolute Gasteiger partial charge is 0.463 e. The zero-order valence-corrected chi connectivity index (χ0v) is 12.3. The minimum absolute atomic E-state index is 0.0751. The van der Waals surface area contributed by atoms with E-state index in [-0.39, 0.29) is 17.1 Å². The first kappa shape index (κ1) is 14.7. The lowest BCUT2D eigenvalue weighted by atomic mass is 9.91. The molecule has 0 atom stereocenters. The van der Waals surface area contributed by atoms with Crippen LogP contribution >= 0.6 is 0 Å². The Morgan fingerprint density at radius 1 is 1.38 bits per heavy atom. The first-order valence-electron chi connectivity index (χ1n) is 6.33. The molecule has 0 amide bonds. The lowest BCUT2D eigenvalue weighted by Gasteiger charge is -2.15. The number of nitrogens with zero attached hydrogens (tertiary/aromatic N) is 3. The number of ether oxygens (including phenoxy) is 1. The maximum Gasteiger partial charge on any atom is 0.376 e. The Balaban J connectivity index is 2.53. The van der Waals surface area contributed by atoms with Crippen LogP contribution in [0.5, 0.6) is 0 Å². The van der Waals surface area contributed by atoms with Crippen LogP contribution in [0.4, 0.5) is 0 Å². The van der Waals surface area contributed by atoms with Crippen LogP contribution in [-0.4, -0.2) is 23.0 Å². The zero-order valence-electron chi connectivity index (χ0n) is 12.3. The molecule has 0 aromatic carbocycles. The SMILES string of the molecule is COC(=O)c1oc(-c2ccc(C#N)cn2)nc1C(C)(C)C. The normalized spacial score (nSPS) is 11.0. The van der Waals surface area contributed by atoms with Crippen LogP contribution in [0.1, 0.15) is 42.6 Å². The summed E-state index contributed by atoms with van der Waals surface area (Å²) in [7, 11) is 1.29. The van der Waals surface area contributed by atoms with Gasteiger partial charge < -0.3 is 9.15 Å². The molecule has 0 aliphatic carbocycles. The third-order valence-corrected chi connectivity index (χ3v) is 2.82. The number of methoxy groups -OCH3 is 1. The molecule has 0 spiro atoms. The van der Waals surface area contributed by atoms with Crippen LogP contribution in [0.3, 0.4) is 0 Å². The standard InChI is InChI=1S/C15H15N3O3/c1-15(2,3)12-11(14(19)20-4)21-13(18-12)10-6-5-9(7-16)8-17-10/h5-6,8H,1-4H3. The van der Waals surface area contributed by atoms with Gasteiger partial charge in [0.05, 0.1) is 12.7 Å². The predicted octanol–water partition coefficient (Wildman–Crippen LogP) is 2.69. The van der Waals surface area contributed by atoms with Gasteiger partial charge in [-0.2, -0.15) is 5.26 Å². The lowest BCUT2D eigenvalue weighted by molar-refractivity contribution is 0.0562. The maximum absolute atomic E-state index is 11.8. The molecule has 0 saturated carbocycles. The van der Waals surface area contributed by atoms with Crippen LogP contribution in [-0.2, 0) is 10.2 Å². The summed E-state index contributed by atoms with van der Waals surface area (Å²) >= 11 is 0. The summed E-state index contributed by atoms with van der Waals surface area (Å²) < 4.78 is 10.2. The number of nitriles is 1. The van der Waals surface area contributed by atoms with Gasteiger partial charge >= 0.3 is 5.97 Å². The van der Waals surface area contributed by atoms with Crippen LogP contribution in [0.15, 0.2) is 22.7 Å². The van der Waals surface area contributed by atoms with Crippen LogP contribution in [0.25, 0.3) is 11.6 Å². The number of carbonyl (C=O) groups excluding carboxylic acids is 1. The van der Waals surface area contributed by atoms with Gasteiger partial charge in [0, 0.05) is 11.6 Å². The van der Waals surface area contributed by atoms with Crippen LogP contribution in [0, 0.1) is 11.3 Å². The third-order valence-electron chi connectivity index (χ3n) is 2.82. The summed E-state index contributed by atoms with van der Waals surface area (Å²) in [5, 5.41) is 8.77. The summed E-state index contributed by atoms with van der Waals surface area (Å²) in [4.78, 5) is 20.3. The molecule has 0 aliphatic heterocycles. The highest BCUT2D eigenvalue weighted by Crippen LogP contribution is 2.29. The van der Waals surface area contributed by atoms with Gasteiger partial charge in [-0.3, -0.25) is 0 Å². The first-order valence-corrected chi connectivity index (χ1v) is 6.33. The van der Waals surface area contributed by atoms with Gasteiger partial charge in [-0.05, 0) is 12.1 Å². The highest BCUT2D eigenvalue weighted by atomic mass is 16.5. The molecule has 0 unspecified atom stereocenters. The predicted molar refractivity (Wildman–Crippen MR) is 74.5 cm³/mol. The fourth-order valence-corrected chi connectivity index (χ4v) is 1.76. The first-order chi connectivity index (χ1) is 9.86. The van der Waals surface area contributed by atoms with E-state index in [0.717, 1.165) is 0 Å². The van der Waals surface area contributed by atoms with E-state index in [1.807, 2.05) is 26.8 Å². The molecule has 0 fully saturated rings. The van der Waals surface area contributed by atoms with E-state index in [1.54, 1.807) is 12.1 Å². The quantitative estimate of drug-likeness (QED) is 0.788. The second-order valence-corrected chi connectivity index (χ2v) is 5.48.